The number of aryl methyl sites for hydroxylation is 2. The molecule has 1 fully saturated rings. The second kappa shape index (κ2) is 6.48. The largest absolute Gasteiger partial charge is 0.487 e. The standard InChI is InChI=1S/C17H22FN3O/c1-12-13(2)20-17(19-12)11-21-9-7-14(8-10-21)22-16-6-4-3-5-15(16)18/h3-6,14H,7-11H2,1-2H3,(H,19,20). The summed E-state index contributed by atoms with van der Waals surface area (Å²) in [6.07, 6.45) is 1.91. The Hall–Kier alpha value is -1.88. The van der Waals surface area contributed by atoms with E-state index in [0.717, 1.165) is 49.7 Å². The van der Waals surface area contributed by atoms with Crippen LogP contribution in [0.1, 0.15) is 30.1 Å². The van der Waals surface area contributed by atoms with Crippen molar-refractivity contribution in [3.63, 3.8) is 0 Å². The van der Waals surface area contributed by atoms with E-state index in [-0.39, 0.29) is 11.9 Å². The molecule has 2 aromatic rings. The van der Waals surface area contributed by atoms with Gasteiger partial charge in [-0.05, 0) is 38.8 Å². The van der Waals surface area contributed by atoms with Crippen LogP contribution in [0.3, 0.4) is 0 Å². The van der Waals surface area contributed by atoms with E-state index in [4.69, 9.17) is 4.74 Å². The molecular formula is C17H22FN3O. The fourth-order valence-corrected chi connectivity index (χ4v) is 2.81. The van der Waals surface area contributed by atoms with Crippen molar-refractivity contribution in [2.75, 3.05) is 13.1 Å². The van der Waals surface area contributed by atoms with Gasteiger partial charge in [0.1, 0.15) is 11.9 Å². The Balaban J connectivity index is 1.51. The topological polar surface area (TPSA) is 41.2 Å². The molecule has 1 aliphatic rings. The van der Waals surface area contributed by atoms with Crippen LogP contribution in [0.5, 0.6) is 5.75 Å². The van der Waals surface area contributed by atoms with Crippen LogP contribution in [0, 0.1) is 19.7 Å². The minimum Gasteiger partial charge on any atom is -0.487 e. The lowest BCUT2D eigenvalue weighted by atomic mass is 10.1. The summed E-state index contributed by atoms with van der Waals surface area (Å²) in [5.41, 5.74) is 2.19. The number of aromatic nitrogens is 2. The predicted molar refractivity (Wildman–Crippen MR) is 83.4 cm³/mol. The number of nitrogens with zero attached hydrogens (tertiary/aromatic N) is 2. The number of likely N-dealkylation sites (tertiary alicyclic amines) is 1. The Kier molecular flexibility index (Phi) is 4.43. The Labute approximate surface area is 130 Å². The van der Waals surface area contributed by atoms with Crippen LogP contribution in [0.4, 0.5) is 4.39 Å². The maximum atomic E-state index is 13.6. The first kappa shape index (κ1) is 15.0. The smallest absolute Gasteiger partial charge is 0.165 e. The molecule has 0 spiro atoms. The lowest BCUT2D eigenvalue weighted by molar-refractivity contribution is 0.0923. The molecule has 0 radical (unpaired) electrons. The second-order valence-electron chi connectivity index (χ2n) is 5.92. The molecule has 0 saturated carbocycles. The van der Waals surface area contributed by atoms with Gasteiger partial charge in [0, 0.05) is 18.8 Å². The molecule has 0 aliphatic carbocycles. The molecule has 4 nitrogen and oxygen atoms in total. The van der Waals surface area contributed by atoms with Gasteiger partial charge in [0.25, 0.3) is 0 Å². The number of halogens is 1. The van der Waals surface area contributed by atoms with Gasteiger partial charge in [-0.25, -0.2) is 9.37 Å². The fourth-order valence-electron chi connectivity index (χ4n) is 2.81. The monoisotopic (exact) mass is 303 g/mol. The first-order valence-corrected chi connectivity index (χ1v) is 7.77. The molecule has 1 saturated heterocycles. The van der Waals surface area contributed by atoms with E-state index in [1.54, 1.807) is 18.2 Å². The van der Waals surface area contributed by atoms with Crippen molar-refractivity contribution < 1.29 is 9.13 Å². The van der Waals surface area contributed by atoms with E-state index >= 15 is 0 Å². The van der Waals surface area contributed by atoms with E-state index in [1.807, 2.05) is 13.8 Å². The van der Waals surface area contributed by atoms with Crippen molar-refractivity contribution in [2.45, 2.75) is 39.3 Å². The van der Waals surface area contributed by atoms with Gasteiger partial charge in [-0.15, -0.1) is 0 Å². The first-order chi connectivity index (χ1) is 10.6. The van der Waals surface area contributed by atoms with Crippen molar-refractivity contribution in [2.24, 2.45) is 0 Å². The molecule has 0 atom stereocenters. The number of piperidine rings is 1. The predicted octanol–water partition coefficient (Wildman–Crippen LogP) is 3.21. The van der Waals surface area contributed by atoms with Gasteiger partial charge < -0.3 is 9.72 Å². The lowest BCUT2D eigenvalue weighted by Crippen LogP contribution is -2.38. The lowest BCUT2D eigenvalue weighted by Gasteiger charge is -2.31. The quantitative estimate of drug-likeness (QED) is 0.943. The summed E-state index contributed by atoms with van der Waals surface area (Å²) >= 11 is 0. The van der Waals surface area contributed by atoms with Crippen LogP contribution in [0.15, 0.2) is 24.3 Å². The highest BCUT2D eigenvalue weighted by atomic mass is 19.1. The van der Waals surface area contributed by atoms with Crippen molar-refractivity contribution in [1.29, 1.82) is 0 Å². The van der Waals surface area contributed by atoms with Crippen LogP contribution in [-0.4, -0.2) is 34.1 Å². The van der Waals surface area contributed by atoms with Gasteiger partial charge in [0.2, 0.25) is 0 Å². The molecule has 3 rings (SSSR count). The minimum absolute atomic E-state index is 0.0909. The van der Waals surface area contributed by atoms with Crippen molar-refractivity contribution in [3.8, 4) is 5.75 Å². The third-order valence-electron chi connectivity index (χ3n) is 4.22. The highest BCUT2D eigenvalue weighted by Crippen LogP contribution is 2.22. The van der Waals surface area contributed by atoms with Gasteiger partial charge in [0.05, 0.1) is 12.2 Å². The van der Waals surface area contributed by atoms with Gasteiger partial charge >= 0.3 is 0 Å². The summed E-state index contributed by atoms with van der Waals surface area (Å²) in [5, 5.41) is 0. The number of ether oxygens (including phenoxy) is 1. The maximum absolute atomic E-state index is 13.6. The number of hydrogen-bond acceptors (Lipinski definition) is 3. The maximum Gasteiger partial charge on any atom is 0.165 e. The number of nitrogens with one attached hydrogen (secondary N) is 1. The molecule has 1 aromatic carbocycles. The number of aromatic amines is 1. The van der Waals surface area contributed by atoms with Crippen LogP contribution in [0.25, 0.3) is 0 Å². The molecule has 1 N–H and O–H groups in total. The fraction of sp³-hybridized carbons (Fsp3) is 0.471. The molecule has 0 amide bonds. The molecule has 118 valence electrons. The zero-order chi connectivity index (χ0) is 15.5. The number of para-hydroxylation sites is 1. The third-order valence-corrected chi connectivity index (χ3v) is 4.22. The third kappa shape index (κ3) is 3.47. The summed E-state index contributed by atoms with van der Waals surface area (Å²) in [4.78, 5) is 10.2. The van der Waals surface area contributed by atoms with Crippen LogP contribution >= 0.6 is 0 Å². The molecular weight excluding hydrogens is 281 g/mol. The highest BCUT2D eigenvalue weighted by Gasteiger charge is 2.22. The van der Waals surface area contributed by atoms with Crippen molar-refractivity contribution >= 4 is 0 Å². The zero-order valence-corrected chi connectivity index (χ0v) is 13.1. The zero-order valence-electron chi connectivity index (χ0n) is 13.1. The average Bonchev–Trinajstić information content (AvgIpc) is 2.82. The van der Waals surface area contributed by atoms with E-state index in [9.17, 15) is 4.39 Å². The number of hydrogen-bond donors (Lipinski definition) is 1. The molecule has 2 heterocycles. The van der Waals surface area contributed by atoms with Crippen molar-refractivity contribution in [3.05, 3.63) is 47.3 Å². The molecule has 5 heteroatoms. The van der Waals surface area contributed by atoms with Gasteiger partial charge in [-0.2, -0.15) is 0 Å². The van der Waals surface area contributed by atoms with Crippen molar-refractivity contribution in [1.82, 2.24) is 14.9 Å². The Morgan fingerprint density at radius 1 is 1.27 bits per heavy atom. The summed E-state index contributed by atoms with van der Waals surface area (Å²) in [5.74, 6) is 1.09. The first-order valence-electron chi connectivity index (χ1n) is 7.77. The Morgan fingerprint density at radius 3 is 2.64 bits per heavy atom. The Morgan fingerprint density at radius 2 is 2.00 bits per heavy atom. The summed E-state index contributed by atoms with van der Waals surface area (Å²) in [7, 11) is 0. The SMILES string of the molecule is Cc1nc(CN2CCC(Oc3ccccc3F)CC2)[nH]c1C. The number of rotatable bonds is 4. The van der Waals surface area contributed by atoms with Crippen LogP contribution in [0.2, 0.25) is 0 Å². The highest BCUT2D eigenvalue weighted by molar-refractivity contribution is 5.24. The number of imidazole rings is 1. The van der Waals surface area contributed by atoms with E-state index < -0.39 is 0 Å². The van der Waals surface area contributed by atoms with Gasteiger partial charge in [-0.1, -0.05) is 12.1 Å². The summed E-state index contributed by atoms with van der Waals surface area (Å²) < 4.78 is 19.4. The molecule has 1 aliphatic heterocycles. The molecule has 1 aromatic heterocycles. The van der Waals surface area contributed by atoms with E-state index in [1.165, 1.54) is 6.07 Å². The number of H-pyrrole nitrogens is 1. The normalized spacial score (nSPS) is 16.9. The van der Waals surface area contributed by atoms with Crippen LogP contribution < -0.4 is 4.74 Å². The van der Waals surface area contributed by atoms with Gasteiger partial charge in [0.15, 0.2) is 11.6 Å². The molecule has 0 bridgehead atoms. The average molecular weight is 303 g/mol. The summed E-state index contributed by atoms with van der Waals surface area (Å²) in [6.45, 7) is 6.78. The van der Waals surface area contributed by atoms with E-state index in [2.05, 4.69) is 14.9 Å². The minimum atomic E-state index is -0.286. The molecule has 0 unspecified atom stereocenters. The van der Waals surface area contributed by atoms with Gasteiger partial charge in [-0.3, -0.25) is 4.90 Å². The second-order valence-corrected chi connectivity index (χ2v) is 5.92. The van der Waals surface area contributed by atoms with E-state index in [0.29, 0.717) is 5.75 Å². The Bertz CT molecular complexity index is 613. The van der Waals surface area contributed by atoms with Crippen LogP contribution in [-0.2, 0) is 6.54 Å². The number of benzene rings is 1. The summed E-state index contributed by atoms with van der Waals surface area (Å²) in [6, 6.07) is 6.61. The molecule has 22 heavy (non-hydrogen) atoms.